The first kappa shape index (κ1) is 20.7. The van der Waals surface area contributed by atoms with E-state index in [0.29, 0.717) is 28.5 Å². The maximum absolute atomic E-state index is 12.2. The van der Waals surface area contributed by atoms with Crippen molar-refractivity contribution in [1.29, 1.82) is 0 Å². The van der Waals surface area contributed by atoms with Crippen LogP contribution >= 0.6 is 11.6 Å². The van der Waals surface area contributed by atoms with Crippen molar-refractivity contribution < 1.29 is 14.3 Å². The van der Waals surface area contributed by atoms with Crippen molar-refractivity contribution in [1.82, 2.24) is 10.2 Å². The highest BCUT2D eigenvalue weighted by Crippen LogP contribution is 2.48. The number of anilines is 1. The lowest BCUT2D eigenvalue weighted by molar-refractivity contribution is 0.0195. The number of nitrogens with zero attached hydrogens (tertiary/aromatic N) is 2. The van der Waals surface area contributed by atoms with Gasteiger partial charge in [-0.1, -0.05) is 43.1 Å². The lowest BCUT2D eigenvalue weighted by Crippen LogP contribution is -2.26. The van der Waals surface area contributed by atoms with Gasteiger partial charge in [0.2, 0.25) is 5.88 Å². The monoisotopic (exact) mass is 414 g/mol. The van der Waals surface area contributed by atoms with E-state index in [4.69, 9.17) is 27.6 Å². The lowest BCUT2D eigenvalue weighted by atomic mass is 9.85. The number of halogens is 1. The number of nitrogens with one attached hydrogen (secondary N) is 2. The summed E-state index contributed by atoms with van der Waals surface area (Å²) in [5.74, 6) is 0.114. The maximum atomic E-state index is 12.2. The second-order valence-electron chi connectivity index (χ2n) is 7.69. The number of carbonyl (C=O) groups is 1. The fraction of sp³-hybridized carbons (Fsp3) is 0.381. The van der Waals surface area contributed by atoms with Gasteiger partial charge in [-0.3, -0.25) is 5.10 Å². The second kappa shape index (κ2) is 8.18. The number of rotatable bonds is 4. The maximum Gasteiger partial charge on any atom is 0.515 e. The van der Waals surface area contributed by atoms with Crippen LogP contribution in [0.1, 0.15) is 57.6 Å². The van der Waals surface area contributed by atoms with Crippen molar-refractivity contribution in [3.63, 3.8) is 0 Å². The quantitative estimate of drug-likeness (QED) is 0.483. The van der Waals surface area contributed by atoms with Gasteiger partial charge < -0.3 is 14.8 Å². The Bertz CT molecular complexity index is 998. The molecule has 2 heterocycles. The number of carbonyl (C=O) groups excluding carboxylic acids is 1. The van der Waals surface area contributed by atoms with E-state index in [2.05, 4.69) is 20.4 Å². The summed E-state index contributed by atoms with van der Waals surface area (Å²) in [5, 5.41) is 10.8. The van der Waals surface area contributed by atoms with Crippen LogP contribution < -0.4 is 10.1 Å². The second-order valence-corrected chi connectivity index (χ2v) is 8.10. The van der Waals surface area contributed by atoms with Gasteiger partial charge in [-0.15, -0.1) is 5.10 Å². The van der Waals surface area contributed by atoms with Crippen LogP contribution in [0.15, 0.2) is 35.7 Å². The third-order valence-electron chi connectivity index (χ3n) is 4.32. The summed E-state index contributed by atoms with van der Waals surface area (Å²) in [4.78, 5) is 16.0. The number of fused-ring (bicyclic) bond motifs is 1. The van der Waals surface area contributed by atoms with Gasteiger partial charge in [-0.2, -0.15) is 0 Å². The predicted octanol–water partition coefficient (Wildman–Crippen LogP) is 5.87. The van der Waals surface area contributed by atoms with Crippen molar-refractivity contribution in [2.45, 2.75) is 52.1 Å². The Morgan fingerprint density at radius 1 is 1.34 bits per heavy atom. The number of H-pyrrole nitrogens is 1. The van der Waals surface area contributed by atoms with Gasteiger partial charge in [0, 0.05) is 10.7 Å². The Kier molecular flexibility index (Phi) is 5.85. The van der Waals surface area contributed by atoms with Crippen molar-refractivity contribution in [3.05, 3.63) is 63.2 Å². The fourth-order valence-electron chi connectivity index (χ4n) is 3.24. The number of aromatic amines is 1. The van der Waals surface area contributed by atoms with Crippen molar-refractivity contribution >= 4 is 23.6 Å². The highest BCUT2D eigenvalue weighted by atomic mass is 35.5. The average Bonchev–Trinajstić information content (AvgIpc) is 3.02. The van der Waals surface area contributed by atoms with E-state index in [1.807, 2.05) is 25.1 Å². The number of ether oxygens (including phenoxy) is 2. The van der Waals surface area contributed by atoms with E-state index in [0.717, 1.165) is 17.7 Å². The van der Waals surface area contributed by atoms with Crippen molar-refractivity contribution in [2.75, 3.05) is 5.32 Å². The molecule has 8 heteroatoms. The topological polar surface area (TPSA) is 80.6 Å². The summed E-state index contributed by atoms with van der Waals surface area (Å²) in [5.41, 5.74) is 1.89. The van der Waals surface area contributed by atoms with Gasteiger partial charge in [0.15, 0.2) is 5.70 Å². The van der Waals surface area contributed by atoms with Gasteiger partial charge >= 0.3 is 6.16 Å². The van der Waals surface area contributed by atoms with Gasteiger partial charge in [-0.05, 0) is 38.8 Å². The van der Waals surface area contributed by atoms with E-state index in [9.17, 15) is 4.79 Å². The molecule has 0 saturated carbocycles. The van der Waals surface area contributed by atoms with E-state index in [1.54, 1.807) is 26.8 Å². The molecule has 1 atom stereocenters. The summed E-state index contributed by atoms with van der Waals surface area (Å²) in [6.45, 7) is 15.1. The normalized spacial score (nSPS) is 15.9. The highest BCUT2D eigenvalue weighted by molar-refractivity contribution is 6.31. The van der Waals surface area contributed by atoms with Crippen LogP contribution in [-0.2, 0) is 4.74 Å². The molecule has 0 radical (unpaired) electrons. The zero-order valence-corrected chi connectivity index (χ0v) is 17.6. The summed E-state index contributed by atoms with van der Waals surface area (Å²) in [7, 11) is 0. The Labute approximate surface area is 174 Å². The number of hydrogen-bond donors (Lipinski definition) is 2. The first-order valence-electron chi connectivity index (χ1n) is 9.36. The average molecular weight is 415 g/mol. The number of allylic oxidation sites excluding steroid dienone is 2. The van der Waals surface area contributed by atoms with Crippen LogP contribution in [0, 0.1) is 6.57 Å². The molecule has 0 amide bonds. The van der Waals surface area contributed by atoms with E-state index < -0.39 is 17.7 Å². The Balaban J connectivity index is 2.10. The SMILES string of the molecule is [C-]#[N+]C1=C(CCC)Nc2[nH]nc(OC(=O)OC(C)(C)C)c2C1c1ccccc1Cl. The van der Waals surface area contributed by atoms with Gasteiger partial charge in [0.25, 0.3) is 0 Å². The molecule has 2 aromatic rings. The summed E-state index contributed by atoms with van der Waals surface area (Å²) >= 11 is 6.47. The Morgan fingerprint density at radius 2 is 2.07 bits per heavy atom. The van der Waals surface area contributed by atoms with Crippen LogP contribution in [0.5, 0.6) is 5.88 Å². The lowest BCUT2D eigenvalue weighted by Gasteiger charge is -2.27. The Hall–Kier alpha value is -2.98. The molecule has 7 nitrogen and oxygen atoms in total. The molecule has 1 unspecified atom stereocenters. The number of benzene rings is 1. The molecule has 29 heavy (non-hydrogen) atoms. The Morgan fingerprint density at radius 3 is 2.69 bits per heavy atom. The first-order valence-corrected chi connectivity index (χ1v) is 9.74. The van der Waals surface area contributed by atoms with Gasteiger partial charge in [0.1, 0.15) is 11.4 Å². The molecule has 0 aliphatic carbocycles. The van der Waals surface area contributed by atoms with E-state index in [-0.39, 0.29) is 5.88 Å². The first-order chi connectivity index (χ1) is 13.7. The molecular formula is C21H23ClN4O3. The van der Waals surface area contributed by atoms with Gasteiger partial charge in [0.05, 0.1) is 18.1 Å². The molecule has 1 aliphatic heterocycles. The number of aromatic nitrogens is 2. The van der Waals surface area contributed by atoms with E-state index in [1.165, 1.54) is 0 Å². The minimum atomic E-state index is -0.864. The van der Waals surface area contributed by atoms with Crippen molar-refractivity contribution in [3.8, 4) is 5.88 Å². The van der Waals surface area contributed by atoms with Crippen LogP contribution in [0.25, 0.3) is 4.85 Å². The smallest absolute Gasteiger partial charge is 0.428 e. The third-order valence-corrected chi connectivity index (χ3v) is 4.67. The molecule has 3 rings (SSSR count). The zero-order chi connectivity index (χ0) is 21.2. The van der Waals surface area contributed by atoms with Crippen LogP contribution in [0.4, 0.5) is 10.6 Å². The van der Waals surface area contributed by atoms with Crippen LogP contribution in [0.3, 0.4) is 0 Å². The highest BCUT2D eigenvalue weighted by Gasteiger charge is 2.37. The molecule has 152 valence electrons. The summed E-state index contributed by atoms with van der Waals surface area (Å²) in [6, 6.07) is 7.32. The molecular weight excluding hydrogens is 392 g/mol. The molecule has 0 fully saturated rings. The molecule has 0 saturated heterocycles. The minimum Gasteiger partial charge on any atom is -0.428 e. The summed E-state index contributed by atoms with van der Waals surface area (Å²) < 4.78 is 10.6. The zero-order valence-electron chi connectivity index (χ0n) is 16.8. The molecule has 2 N–H and O–H groups in total. The van der Waals surface area contributed by atoms with E-state index >= 15 is 0 Å². The van der Waals surface area contributed by atoms with Gasteiger partial charge in [-0.25, -0.2) is 9.64 Å². The third kappa shape index (κ3) is 4.38. The minimum absolute atomic E-state index is 0.0587. The van der Waals surface area contributed by atoms with Crippen LogP contribution in [-0.4, -0.2) is 22.0 Å². The standard InChI is InChI=1S/C21H23ClN4O3/c1-6-9-14-17(23-5)15(12-10-7-8-11-13(12)22)16-18(24-14)25-26-19(16)28-20(27)29-21(2,3)4/h7-8,10-11,15H,6,9H2,1-4H3,(H2,24,25,26). The number of hydrogen-bond acceptors (Lipinski definition) is 5. The van der Waals surface area contributed by atoms with Crippen LogP contribution in [0.2, 0.25) is 5.02 Å². The summed E-state index contributed by atoms with van der Waals surface area (Å²) in [6.07, 6.45) is 0.693. The molecule has 0 bridgehead atoms. The molecule has 1 aliphatic rings. The fourth-order valence-corrected chi connectivity index (χ4v) is 3.48. The molecule has 1 aromatic heterocycles. The largest absolute Gasteiger partial charge is 0.515 e. The van der Waals surface area contributed by atoms with Crippen molar-refractivity contribution in [2.24, 2.45) is 0 Å². The molecule has 0 spiro atoms. The predicted molar refractivity (Wildman–Crippen MR) is 111 cm³/mol. The molecule has 1 aromatic carbocycles.